The molecular formula is C11H11ClN2O5S. The highest BCUT2D eigenvalue weighted by Crippen LogP contribution is 2.20. The lowest BCUT2D eigenvalue weighted by molar-refractivity contribution is -0.155. The van der Waals surface area contributed by atoms with Crippen molar-refractivity contribution in [2.24, 2.45) is 0 Å². The fourth-order valence-corrected chi connectivity index (χ4v) is 2.59. The minimum Gasteiger partial charge on any atom is -0.479 e. The quantitative estimate of drug-likeness (QED) is 0.717. The van der Waals surface area contributed by atoms with Gasteiger partial charge in [0, 0.05) is 0 Å². The van der Waals surface area contributed by atoms with Gasteiger partial charge in [0.1, 0.15) is 6.07 Å². The molecule has 108 valence electrons. The molecule has 3 N–H and O–H groups in total. The second-order valence-electron chi connectivity index (χ2n) is 4.16. The van der Waals surface area contributed by atoms with Crippen LogP contribution < -0.4 is 4.72 Å². The summed E-state index contributed by atoms with van der Waals surface area (Å²) in [4.78, 5) is 10.4. The second kappa shape index (κ2) is 5.76. The van der Waals surface area contributed by atoms with Gasteiger partial charge in [-0.2, -0.15) is 5.26 Å². The van der Waals surface area contributed by atoms with Crippen LogP contribution in [0.4, 0.5) is 0 Å². The molecule has 0 bridgehead atoms. The third-order valence-electron chi connectivity index (χ3n) is 2.44. The first-order chi connectivity index (χ1) is 9.10. The number of hydrogen-bond acceptors (Lipinski definition) is 5. The maximum Gasteiger partial charge on any atom is 0.336 e. The van der Waals surface area contributed by atoms with Crippen molar-refractivity contribution in [3.05, 3.63) is 28.8 Å². The first-order valence-corrected chi connectivity index (χ1v) is 7.11. The Morgan fingerprint density at radius 1 is 1.55 bits per heavy atom. The van der Waals surface area contributed by atoms with Crippen LogP contribution in [0.25, 0.3) is 0 Å². The Labute approximate surface area is 120 Å². The second-order valence-corrected chi connectivity index (χ2v) is 6.33. The van der Waals surface area contributed by atoms with E-state index < -0.39 is 28.1 Å². The Morgan fingerprint density at radius 3 is 2.60 bits per heavy atom. The van der Waals surface area contributed by atoms with Crippen LogP contribution >= 0.6 is 11.6 Å². The number of halogens is 1. The maximum absolute atomic E-state index is 11.9. The largest absolute Gasteiger partial charge is 0.479 e. The van der Waals surface area contributed by atoms with Gasteiger partial charge in [-0.1, -0.05) is 11.6 Å². The Hall–Kier alpha value is -1.66. The number of rotatable bonds is 5. The Bertz CT molecular complexity index is 679. The molecule has 0 aliphatic rings. The monoisotopic (exact) mass is 318 g/mol. The number of aliphatic hydroxyl groups is 1. The van der Waals surface area contributed by atoms with Gasteiger partial charge < -0.3 is 10.2 Å². The molecule has 0 amide bonds. The molecule has 0 fully saturated rings. The molecule has 1 aromatic carbocycles. The Balaban J connectivity index is 2.99. The van der Waals surface area contributed by atoms with E-state index in [0.717, 1.165) is 19.1 Å². The van der Waals surface area contributed by atoms with Crippen molar-refractivity contribution in [2.75, 3.05) is 6.54 Å². The van der Waals surface area contributed by atoms with Crippen molar-refractivity contribution in [1.82, 2.24) is 4.72 Å². The van der Waals surface area contributed by atoms with Gasteiger partial charge in [0.15, 0.2) is 5.60 Å². The van der Waals surface area contributed by atoms with Gasteiger partial charge in [0.2, 0.25) is 10.0 Å². The standard InChI is InChI=1S/C11H11ClN2O5S/c1-11(17,10(15)16)6-14-20(18,19)8-3-2-7(5-13)9(12)4-8/h2-4,14,17H,6H2,1H3,(H,15,16). The predicted octanol–water partition coefficient (Wildman–Crippen LogP) is 0.326. The summed E-state index contributed by atoms with van der Waals surface area (Å²) in [5.74, 6) is -1.56. The molecule has 0 aromatic heterocycles. The SMILES string of the molecule is CC(O)(CNS(=O)(=O)c1ccc(C#N)c(Cl)c1)C(=O)O. The summed E-state index contributed by atoms with van der Waals surface area (Å²) < 4.78 is 25.8. The molecule has 0 saturated heterocycles. The van der Waals surface area contributed by atoms with Gasteiger partial charge in [-0.3, -0.25) is 0 Å². The minimum absolute atomic E-state index is 0.0413. The number of aliphatic carboxylic acids is 1. The number of nitrogens with zero attached hydrogens (tertiary/aromatic N) is 1. The summed E-state index contributed by atoms with van der Waals surface area (Å²) in [7, 11) is -4.04. The normalized spacial score (nSPS) is 14.3. The predicted molar refractivity (Wildman–Crippen MR) is 69.6 cm³/mol. The van der Waals surface area contributed by atoms with Crippen molar-refractivity contribution in [1.29, 1.82) is 5.26 Å². The smallest absolute Gasteiger partial charge is 0.336 e. The topological polar surface area (TPSA) is 127 Å². The van der Waals surface area contributed by atoms with E-state index in [-0.39, 0.29) is 15.5 Å². The summed E-state index contributed by atoms with van der Waals surface area (Å²) in [6.45, 7) is 0.256. The average molecular weight is 319 g/mol. The van der Waals surface area contributed by atoms with E-state index in [9.17, 15) is 18.3 Å². The highest BCUT2D eigenvalue weighted by molar-refractivity contribution is 7.89. The lowest BCUT2D eigenvalue weighted by Crippen LogP contribution is -2.46. The molecule has 1 aromatic rings. The Morgan fingerprint density at radius 2 is 2.15 bits per heavy atom. The summed E-state index contributed by atoms with van der Waals surface area (Å²) in [5.41, 5.74) is -2.12. The lowest BCUT2D eigenvalue weighted by atomic mass is 10.1. The van der Waals surface area contributed by atoms with Gasteiger partial charge in [-0.05, 0) is 25.1 Å². The highest BCUT2D eigenvalue weighted by Gasteiger charge is 2.31. The minimum atomic E-state index is -4.04. The molecule has 1 unspecified atom stereocenters. The van der Waals surface area contributed by atoms with Crippen LogP contribution in [0.5, 0.6) is 0 Å². The molecule has 1 atom stereocenters. The fraction of sp³-hybridized carbons (Fsp3) is 0.273. The van der Waals surface area contributed by atoms with Crippen LogP contribution in [0.1, 0.15) is 12.5 Å². The zero-order valence-electron chi connectivity index (χ0n) is 10.3. The Kier molecular flexibility index (Phi) is 4.73. The van der Waals surface area contributed by atoms with E-state index in [2.05, 4.69) is 0 Å². The zero-order chi connectivity index (χ0) is 15.6. The van der Waals surface area contributed by atoms with Gasteiger partial charge in [0.25, 0.3) is 0 Å². The van der Waals surface area contributed by atoms with E-state index in [1.165, 1.54) is 6.07 Å². The number of hydrogen-bond donors (Lipinski definition) is 3. The number of carboxylic acids is 1. The molecule has 0 aliphatic heterocycles. The third-order valence-corrected chi connectivity index (χ3v) is 4.15. The maximum atomic E-state index is 11.9. The lowest BCUT2D eigenvalue weighted by Gasteiger charge is -2.18. The van der Waals surface area contributed by atoms with Gasteiger partial charge in [0.05, 0.1) is 22.0 Å². The molecule has 0 spiro atoms. The molecular weight excluding hydrogens is 308 g/mol. The average Bonchev–Trinajstić information content (AvgIpc) is 2.36. The van der Waals surface area contributed by atoms with Crippen LogP contribution in [-0.4, -0.2) is 36.7 Å². The molecule has 9 heteroatoms. The van der Waals surface area contributed by atoms with Crippen LogP contribution in [0.3, 0.4) is 0 Å². The van der Waals surface area contributed by atoms with Crippen molar-refractivity contribution in [2.45, 2.75) is 17.4 Å². The molecule has 0 aliphatic carbocycles. The van der Waals surface area contributed by atoms with Gasteiger partial charge >= 0.3 is 5.97 Å². The van der Waals surface area contributed by atoms with E-state index in [1.807, 2.05) is 4.72 Å². The fourth-order valence-electron chi connectivity index (χ4n) is 1.15. The van der Waals surface area contributed by atoms with Crippen LogP contribution in [0.2, 0.25) is 5.02 Å². The zero-order valence-corrected chi connectivity index (χ0v) is 11.9. The third kappa shape index (κ3) is 3.68. The molecule has 0 saturated carbocycles. The van der Waals surface area contributed by atoms with Gasteiger partial charge in [-0.15, -0.1) is 0 Å². The summed E-state index contributed by atoms with van der Waals surface area (Å²) >= 11 is 5.72. The highest BCUT2D eigenvalue weighted by atomic mass is 35.5. The van der Waals surface area contributed by atoms with Crippen molar-refractivity contribution >= 4 is 27.6 Å². The molecule has 7 nitrogen and oxygen atoms in total. The number of nitriles is 1. The molecule has 1 rings (SSSR count). The molecule has 0 radical (unpaired) electrons. The summed E-state index contributed by atoms with van der Waals surface area (Å²) in [5, 5.41) is 26.8. The first kappa shape index (κ1) is 16.4. The van der Waals surface area contributed by atoms with E-state index in [0.29, 0.717) is 0 Å². The van der Waals surface area contributed by atoms with E-state index >= 15 is 0 Å². The summed E-state index contributed by atoms with van der Waals surface area (Å²) in [6, 6.07) is 5.23. The van der Waals surface area contributed by atoms with Crippen molar-refractivity contribution in [3.63, 3.8) is 0 Å². The van der Waals surface area contributed by atoms with Gasteiger partial charge in [-0.25, -0.2) is 17.9 Å². The van der Waals surface area contributed by atoms with Crippen LogP contribution in [0, 0.1) is 11.3 Å². The van der Waals surface area contributed by atoms with E-state index in [4.69, 9.17) is 22.0 Å². The number of sulfonamides is 1. The number of benzene rings is 1. The number of carbonyl (C=O) groups is 1. The summed E-state index contributed by atoms with van der Waals surface area (Å²) in [6.07, 6.45) is 0. The number of nitrogens with one attached hydrogen (secondary N) is 1. The van der Waals surface area contributed by atoms with E-state index in [1.54, 1.807) is 6.07 Å². The van der Waals surface area contributed by atoms with Crippen molar-refractivity contribution in [3.8, 4) is 6.07 Å². The van der Waals surface area contributed by atoms with Crippen molar-refractivity contribution < 1.29 is 23.4 Å². The van der Waals surface area contributed by atoms with Crippen LogP contribution in [-0.2, 0) is 14.8 Å². The molecule has 0 heterocycles. The van der Waals surface area contributed by atoms with Crippen LogP contribution in [0.15, 0.2) is 23.1 Å². The first-order valence-electron chi connectivity index (χ1n) is 5.25. The number of carboxylic acid groups (broad SMARTS) is 1. The molecule has 20 heavy (non-hydrogen) atoms.